The van der Waals surface area contributed by atoms with Gasteiger partial charge in [-0.05, 0) is 72.9 Å². The minimum Gasteiger partial charge on any atom is -0.493 e. The molecule has 0 aliphatic carbocycles. The van der Waals surface area contributed by atoms with Gasteiger partial charge in [-0.3, -0.25) is 0 Å². The van der Waals surface area contributed by atoms with Gasteiger partial charge in [-0.25, -0.2) is 4.79 Å². The zero-order valence-electron chi connectivity index (χ0n) is 23.7. The summed E-state index contributed by atoms with van der Waals surface area (Å²) in [7, 11) is 0. The molecule has 40 heavy (non-hydrogen) atoms. The Kier molecular flexibility index (Phi) is 8.71. The van der Waals surface area contributed by atoms with Crippen molar-refractivity contribution in [1.82, 2.24) is 4.90 Å². The lowest BCUT2D eigenvalue weighted by Gasteiger charge is -2.39. The summed E-state index contributed by atoms with van der Waals surface area (Å²) in [6.45, 7) is 7.97. The number of piperidine rings is 1. The molecule has 4 aromatic carbocycles. The predicted molar refractivity (Wildman–Crippen MR) is 160 cm³/mol. The van der Waals surface area contributed by atoms with E-state index in [1.807, 2.05) is 51.1 Å². The van der Waals surface area contributed by atoms with Crippen molar-refractivity contribution >= 4 is 16.9 Å². The van der Waals surface area contributed by atoms with Gasteiger partial charge in [0.1, 0.15) is 11.4 Å². The van der Waals surface area contributed by atoms with E-state index in [0.29, 0.717) is 26.3 Å². The van der Waals surface area contributed by atoms with E-state index in [0.717, 1.165) is 24.2 Å². The van der Waals surface area contributed by atoms with Gasteiger partial charge in [-0.1, -0.05) is 78.9 Å². The maximum absolute atomic E-state index is 12.9. The van der Waals surface area contributed by atoms with E-state index in [4.69, 9.17) is 14.2 Å². The molecule has 5 rings (SSSR count). The summed E-state index contributed by atoms with van der Waals surface area (Å²) >= 11 is 0. The van der Waals surface area contributed by atoms with Crippen LogP contribution in [0.25, 0.3) is 10.8 Å². The van der Waals surface area contributed by atoms with Crippen LogP contribution in [-0.2, 0) is 22.5 Å². The molecule has 1 saturated heterocycles. The van der Waals surface area contributed by atoms with Crippen LogP contribution in [-0.4, -0.2) is 42.4 Å². The molecule has 4 aromatic rings. The summed E-state index contributed by atoms with van der Waals surface area (Å²) in [5.74, 6) is 1.08. The number of hydrogen-bond donors (Lipinski definition) is 0. The number of benzene rings is 4. The smallest absolute Gasteiger partial charge is 0.410 e. The van der Waals surface area contributed by atoms with Crippen LogP contribution >= 0.6 is 0 Å². The summed E-state index contributed by atoms with van der Waals surface area (Å²) in [4.78, 5) is 14.7. The summed E-state index contributed by atoms with van der Waals surface area (Å²) in [5.41, 5.74) is 3.07. The Labute approximate surface area is 237 Å². The monoisotopic (exact) mass is 537 g/mol. The Morgan fingerprint density at radius 1 is 0.850 bits per heavy atom. The van der Waals surface area contributed by atoms with Gasteiger partial charge in [0.2, 0.25) is 0 Å². The summed E-state index contributed by atoms with van der Waals surface area (Å²) in [5, 5.41) is 2.41. The fourth-order valence-corrected chi connectivity index (χ4v) is 5.23. The molecule has 1 aliphatic rings. The Morgan fingerprint density at radius 2 is 1.55 bits per heavy atom. The molecule has 0 radical (unpaired) electrons. The standard InChI is InChI=1S/C35H39NO4/c1-35(2,3)40-34(37)36-21-19-32(29-17-13-26(14-18-29)20-22-38-31-11-5-4-6-12-31)33(24-36)39-25-27-15-16-28-9-7-8-10-30(28)23-27/h4-18,23,32-33H,19-22,24-25H2,1-3H3. The van der Waals surface area contributed by atoms with Crippen molar-refractivity contribution in [3.05, 3.63) is 114 Å². The molecule has 1 amide bonds. The maximum atomic E-state index is 12.9. The first-order chi connectivity index (χ1) is 19.3. The van der Waals surface area contributed by atoms with E-state index in [1.165, 1.54) is 21.9 Å². The van der Waals surface area contributed by atoms with Crippen molar-refractivity contribution in [1.29, 1.82) is 0 Å². The van der Waals surface area contributed by atoms with Gasteiger partial charge in [0.25, 0.3) is 0 Å². The second-order valence-electron chi connectivity index (χ2n) is 11.5. The van der Waals surface area contributed by atoms with Crippen LogP contribution in [0.5, 0.6) is 5.75 Å². The van der Waals surface area contributed by atoms with Crippen molar-refractivity contribution in [2.24, 2.45) is 0 Å². The van der Waals surface area contributed by atoms with Gasteiger partial charge in [0.05, 0.1) is 25.9 Å². The molecule has 0 bridgehead atoms. The lowest BCUT2D eigenvalue weighted by molar-refractivity contribution is -0.0359. The SMILES string of the molecule is CC(C)(C)OC(=O)N1CCC(c2ccc(CCOc3ccccc3)cc2)C(OCc2ccc3ccccc3c2)C1. The Hall–Kier alpha value is -3.83. The molecule has 0 aromatic heterocycles. The zero-order chi connectivity index (χ0) is 28.0. The molecule has 1 aliphatic heterocycles. The first kappa shape index (κ1) is 27.7. The quantitative estimate of drug-likeness (QED) is 0.230. The van der Waals surface area contributed by atoms with E-state index < -0.39 is 5.60 Å². The average molecular weight is 538 g/mol. The number of hydrogen-bond acceptors (Lipinski definition) is 4. The maximum Gasteiger partial charge on any atom is 0.410 e. The van der Waals surface area contributed by atoms with Gasteiger partial charge in [-0.15, -0.1) is 0 Å². The molecule has 1 fully saturated rings. The predicted octanol–water partition coefficient (Wildman–Crippen LogP) is 7.77. The van der Waals surface area contributed by atoms with Gasteiger partial charge in [0, 0.05) is 18.9 Å². The lowest BCUT2D eigenvalue weighted by atomic mass is 9.86. The molecular formula is C35H39NO4. The number of likely N-dealkylation sites (tertiary alicyclic amines) is 1. The molecule has 0 saturated carbocycles. The van der Waals surface area contributed by atoms with Gasteiger partial charge in [0.15, 0.2) is 0 Å². The van der Waals surface area contributed by atoms with Gasteiger partial charge < -0.3 is 19.1 Å². The van der Waals surface area contributed by atoms with Crippen LogP contribution in [0.3, 0.4) is 0 Å². The van der Waals surface area contributed by atoms with Crippen LogP contribution in [0.1, 0.15) is 49.8 Å². The molecule has 5 heteroatoms. The molecule has 0 spiro atoms. The number of carbonyl (C=O) groups is 1. The van der Waals surface area contributed by atoms with E-state index >= 15 is 0 Å². The highest BCUT2D eigenvalue weighted by molar-refractivity contribution is 5.82. The number of ether oxygens (including phenoxy) is 3. The zero-order valence-corrected chi connectivity index (χ0v) is 23.7. The number of rotatable bonds is 8. The topological polar surface area (TPSA) is 48.0 Å². The number of nitrogens with zero attached hydrogens (tertiary/aromatic N) is 1. The second kappa shape index (κ2) is 12.6. The Morgan fingerprint density at radius 3 is 2.30 bits per heavy atom. The Balaban J connectivity index is 1.27. The highest BCUT2D eigenvalue weighted by Gasteiger charge is 2.35. The first-order valence-corrected chi connectivity index (χ1v) is 14.2. The third-order valence-electron chi connectivity index (χ3n) is 7.30. The van der Waals surface area contributed by atoms with Crippen LogP contribution in [0, 0.1) is 0 Å². The van der Waals surface area contributed by atoms with Crippen LogP contribution < -0.4 is 4.74 Å². The van der Waals surface area contributed by atoms with Crippen molar-refractivity contribution < 1.29 is 19.0 Å². The van der Waals surface area contributed by atoms with E-state index in [9.17, 15) is 4.79 Å². The third-order valence-corrected chi connectivity index (χ3v) is 7.30. The molecule has 2 unspecified atom stereocenters. The molecular weight excluding hydrogens is 498 g/mol. The molecule has 1 heterocycles. The minimum absolute atomic E-state index is 0.139. The second-order valence-corrected chi connectivity index (χ2v) is 11.5. The van der Waals surface area contributed by atoms with Crippen LogP contribution in [0.2, 0.25) is 0 Å². The highest BCUT2D eigenvalue weighted by Crippen LogP contribution is 2.32. The van der Waals surface area contributed by atoms with Crippen LogP contribution in [0.4, 0.5) is 4.79 Å². The molecule has 0 N–H and O–H groups in total. The van der Waals surface area contributed by atoms with E-state index in [-0.39, 0.29) is 18.1 Å². The van der Waals surface area contributed by atoms with Crippen molar-refractivity contribution in [2.45, 2.75) is 57.8 Å². The largest absolute Gasteiger partial charge is 0.493 e. The number of amides is 1. The minimum atomic E-state index is -0.532. The first-order valence-electron chi connectivity index (χ1n) is 14.2. The van der Waals surface area contributed by atoms with Gasteiger partial charge >= 0.3 is 6.09 Å². The van der Waals surface area contributed by atoms with E-state index in [2.05, 4.69) is 66.7 Å². The molecule has 5 nitrogen and oxygen atoms in total. The Bertz CT molecular complexity index is 1390. The summed E-state index contributed by atoms with van der Waals surface area (Å²) in [6.07, 6.45) is 1.24. The molecule has 208 valence electrons. The van der Waals surface area contributed by atoms with Crippen LogP contribution in [0.15, 0.2) is 97.1 Å². The summed E-state index contributed by atoms with van der Waals surface area (Å²) in [6, 6.07) is 33.5. The van der Waals surface area contributed by atoms with Gasteiger partial charge in [-0.2, -0.15) is 0 Å². The fourth-order valence-electron chi connectivity index (χ4n) is 5.23. The third kappa shape index (κ3) is 7.42. The van der Waals surface area contributed by atoms with Crippen molar-refractivity contribution in [3.63, 3.8) is 0 Å². The highest BCUT2D eigenvalue weighted by atomic mass is 16.6. The number of para-hydroxylation sites is 1. The fraction of sp³-hybridized carbons (Fsp3) is 0.343. The normalized spacial score (nSPS) is 17.5. The van der Waals surface area contributed by atoms with E-state index in [1.54, 1.807) is 4.90 Å². The average Bonchev–Trinajstić information content (AvgIpc) is 2.96. The summed E-state index contributed by atoms with van der Waals surface area (Å²) < 4.78 is 18.1. The number of fused-ring (bicyclic) bond motifs is 1. The lowest BCUT2D eigenvalue weighted by Crippen LogP contribution is -2.48. The number of carbonyl (C=O) groups excluding carboxylic acids is 1. The van der Waals surface area contributed by atoms with Crippen molar-refractivity contribution in [3.8, 4) is 5.75 Å². The molecule has 2 atom stereocenters. The van der Waals surface area contributed by atoms with Crippen molar-refractivity contribution in [2.75, 3.05) is 19.7 Å².